The van der Waals surface area contributed by atoms with Gasteiger partial charge in [0.1, 0.15) is 4.34 Å². The van der Waals surface area contributed by atoms with E-state index in [0.717, 1.165) is 15.5 Å². The summed E-state index contributed by atoms with van der Waals surface area (Å²) in [5.41, 5.74) is 4.30. The maximum atomic E-state index is 12.2. The van der Waals surface area contributed by atoms with Gasteiger partial charge in [0.15, 0.2) is 5.78 Å². The normalized spacial score (nSPS) is 10.6. The largest absolute Gasteiger partial charge is 0.293 e. The monoisotopic (exact) mass is 277 g/mol. The number of aromatic nitrogens is 1. The van der Waals surface area contributed by atoms with Crippen molar-refractivity contribution < 1.29 is 4.79 Å². The first kappa shape index (κ1) is 13.3. The van der Waals surface area contributed by atoms with Gasteiger partial charge in [-0.3, -0.25) is 4.79 Å². The van der Waals surface area contributed by atoms with E-state index >= 15 is 0 Å². The predicted molar refractivity (Wildman–Crippen MR) is 77.8 cm³/mol. The van der Waals surface area contributed by atoms with Gasteiger partial charge in [0.25, 0.3) is 0 Å². The molecule has 0 unspecified atom stereocenters. The minimum Gasteiger partial charge on any atom is -0.293 e. The van der Waals surface area contributed by atoms with Gasteiger partial charge < -0.3 is 0 Å². The van der Waals surface area contributed by atoms with E-state index < -0.39 is 0 Å². The van der Waals surface area contributed by atoms with Crippen LogP contribution in [0.3, 0.4) is 0 Å². The van der Waals surface area contributed by atoms with Gasteiger partial charge >= 0.3 is 0 Å². The summed E-state index contributed by atoms with van der Waals surface area (Å²) in [5.74, 6) is 0.632. The minimum absolute atomic E-state index is 0.177. The van der Waals surface area contributed by atoms with Crippen molar-refractivity contribution in [1.82, 2.24) is 4.98 Å². The van der Waals surface area contributed by atoms with E-state index in [0.29, 0.717) is 5.75 Å². The average Bonchev–Trinajstić information content (AvgIpc) is 2.84. The van der Waals surface area contributed by atoms with Crippen LogP contribution in [-0.4, -0.2) is 16.5 Å². The van der Waals surface area contributed by atoms with Gasteiger partial charge in [-0.25, -0.2) is 4.98 Å². The average molecular weight is 277 g/mol. The number of benzene rings is 1. The first-order valence-electron chi connectivity index (χ1n) is 5.71. The summed E-state index contributed by atoms with van der Waals surface area (Å²) >= 11 is 3.08. The lowest BCUT2D eigenvalue weighted by molar-refractivity contribution is 0.102. The van der Waals surface area contributed by atoms with Gasteiger partial charge in [-0.15, -0.1) is 11.3 Å². The number of nitrogens with zero attached hydrogens (tertiary/aromatic N) is 1. The summed E-state index contributed by atoms with van der Waals surface area (Å²) in [7, 11) is 0. The number of thiazole rings is 1. The van der Waals surface area contributed by atoms with E-state index in [-0.39, 0.29) is 5.78 Å². The molecule has 1 aromatic carbocycles. The lowest BCUT2D eigenvalue weighted by Crippen LogP contribution is -2.06. The van der Waals surface area contributed by atoms with Crippen LogP contribution in [0, 0.1) is 20.8 Å². The zero-order valence-electron chi connectivity index (χ0n) is 10.7. The van der Waals surface area contributed by atoms with Crippen molar-refractivity contribution >= 4 is 28.9 Å². The van der Waals surface area contributed by atoms with E-state index in [1.54, 1.807) is 17.5 Å². The molecule has 94 valence electrons. The van der Waals surface area contributed by atoms with Crippen molar-refractivity contribution in [2.45, 2.75) is 25.1 Å². The quantitative estimate of drug-likeness (QED) is 0.624. The molecule has 4 heteroatoms. The third-order valence-corrected chi connectivity index (χ3v) is 4.84. The van der Waals surface area contributed by atoms with Crippen LogP contribution < -0.4 is 0 Å². The molecule has 0 aliphatic rings. The molecule has 0 radical (unpaired) electrons. The highest BCUT2D eigenvalue weighted by molar-refractivity contribution is 8.01. The standard InChI is InChI=1S/C14H15NOS2/c1-9-6-11(3)12(7-10(9)2)13(16)8-18-14-15-4-5-17-14/h4-7H,8H2,1-3H3. The Bertz CT molecular complexity index is 561. The Balaban J connectivity index is 2.11. The second kappa shape index (κ2) is 5.67. The molecule has 0 N–H and O–H groups in total. The summed E-state index contributed by atoms with van der Waals surface area (Å²) in [4.78, 5) is 16.3. The second-order valence-electron chi connectivity index (χ2n) is 4.26. The van der Waals surface area contributed by atoms with Crippen LogP contribution in [0.4, 0.5) is 0 Å². The Morgan fingerprint density at radius 3 is 2.61 bits per heavy atom. The number of ketones is 1. The maximum absolute atomic E-state index is 12.2. The Hall–Kier alpha value is -1.13. The molecule has 0 bridgehead atoms. The summed E-state index contributed by atoms with van der Waals surface area (Å²) in [6.45, 7) is 6.11. The Labute approximate surface area is 115 Å². The highest BCUT2D eigenvalue weighted by Gasteiger charge is 2.11. The first-order valence-corrected chi connectivity index (χ1v) is 7.58. The van der Waals surface area contributed by atoms with E-state index in [1.807, 2.05) is 25.3 Å². The lowest BCUT2D eigenvalue weighted by Gasteiger charge is -2.08. The number of hydrogen-bond acceptors (Lipinski definition) is 4. The SMILES string of the molecule is Cc1cc(C)c(C(=O)CSc2nccs2)cc1C. The lowest BCUT2D eigenvalue weighted by atomic mass is 9.99. The van der Waals surface area contributed by atoms with Gasteiger partial charge in [-0.1, -0.05) is 17.8 Å². The van der Waals surface area contributed by atoms with Gasteiger partial charge in [-0.05, 0) is 43.5 Å². The van der Waals surface area contributed by atoms with Gasteiger partial charge in [-0.2, -0.15) is 0 Å². The molecule has 0 atom stereocenters. The van der Waals surface area contributed by atoms with E-state index in [2.05, 4.69) is 18.0 Å². The Morgan fingerprint density at radius 1 is 1.22 bits per heavy atom. The fraction of sp³-hybridized carbons (Fsp3) is 0.286. The molecule has 0 saturated carbocycles. The number of thioether (sulfide) groups is 1. The zero-order chi connectivity index (χ0) is 13.1. The van der Waals surface area contributed by atoms with Crippen molar-refractivity contribution in [3.05, 3.63) is 46.0 Å². The predicted octanol–water partition coefficient (Wildman–Crippen LogP) is 4.04. The highest BCUT2D eigenvalue weighted by atomic mass is 32.2. The van der Waals surface area contributed by atoms with Gasteiger partial charge in [0.05, 0.1) is 5.75 Å². The number of Topliss-reactive ketones (excluding diaryl/α,β-unsaturated/α-hetero) is 1. The van der Waals surface area contributed by atoms with Crippen LogP contribution in [-0.2, 0) is 0 Å². The molecule has 0 spiro atoms. The summed E-state index contributed by atoms with van der Waals surface area (Å²) in [6, 6.07) is 4.08. The van der Waals surface area contributed by atoms with Crippen molar-refractivity contribution in [2.75, 3.05) is 5.75 Å². The number of carbonyl (C=O) groups is 1. The minimum atomic E-state index is 0.177. The third kappa shape index (κ3) is 3.00. The smallest absolute Gasteiger partial charge is 0.173 e. The van der Waals surface area contributed by atoms with E-state index in [4.69, 9.17) is 0 Å². The summed E-state index contributed by atoms with van der Waals surface area (Å²) < 4.78 is 0.949. The van der Waals surface area contributed by atoms with Crippen LogP contribution in [0.25, 0.3) is 0 Å². The second-order valence-corrected chi connectivity index (χ2v) is 6.38. The fourth-order valence-corrected chi connectivity index (χ4v) is 3.27. The molecule has 1 heterocycles. The van der Waals surface area contributed by atoms with Crippen molar-refractivity contribution in [3.63, 3.8) is 0 Å². The molecular weight excluding hydrogens is 262 g/mol. The molecule has 0 aliphatic heterocycles. The highest BCUT2D eigenvalue weighted by Crippen LogP contribution is 2.23. The first-order chi connectivity index (χ1) is 8.58. The van der Waals surface area contributed by atoms with Crippen molar-refractivity contribution in [3.8, 4) is 0 Å². The number of carbonyl (C=O) groups excluding carboxylic acids is 1. The fourth-order valence-electron chi connectivity index (χ4n) is 1.75. The Kier molecular flexibility index (Phi) is 4.19. The molecule has 0 fully saturated rings. The van der Waals surface area contributed by atoms with Gasteiger partial charge in [0.2, 0.25) is 0 Å². The van der Waals surface area contributed by atoms with Gasteiger partial charge in [0, 0.05) is 17.1 Å². The maximum Gasteiger partial charge on any atom is 0.173 e. The van der Waals surface area contributed by atoms with Crippen LogP contribution in [0.15, 0.2) is 28.0 Å². The van der Waals surface area contributed by atoms with Crippen molar-refractivity contribution in [2.24, 2.45) is 0 Å². The number of aryl methyl sites for hydroxylation is 3. The molecule has 0 aliphatic carbocycles. The zero-order valence-corrected chi connectivity index (χ0v) is 12.3. The van der Waals surface area contributed by atoms with Crippen LogP contribution >= 0.6 is 23.1 Å². The molecule has 2 nitrogen and oxygen atoms in total. The molecule has 2 rings (SSSR count). The molecule has 0 amide bonds. The van der Waals surface area contributed by atoms with Crippen molar-refractivity contribution in [1.29, 1.82) is 0 Å². The Morgan fingerprint density at radius 2 is 1.94 bits per heavy atom. The molecule has 1 aromatic heterocycles. The molecule has 0 saturated heterocycles. The third-order valence-electron chi connectivity index (χ3n) is 2.88. The topological polar surface area (TPSA) is 30.0 Å². The molecular formula is C14H15NOS2. The van der Waals surface area contributed by atoms with Crippen LogP contribution in [0.1, 0.15) is 27.0 Å². The van der Waals surface area contributed by atoms with Crippen LogP contribution in [0.5, 0.6) is 0 Å². The summed E-state index contributed by atoms with van der Waals surface area (Å²) in [6.07, 6.45) is 1.76. The molecule has 2 aromatic rings. The van der Waals surface area contributed by atoms with E-state index in [9.17, 15) is 4.79 Å². The summed E-state index contributed by atoms with van der Waals surface area (Å²) in [5, 5.41) is 1.92. The number of rotatable bonds is 4. The molecule has 18 heavy (non-hydrogen) atoms. The van der Waals surface area contributed by atoms with E-state index in [1.165, 1.54) is 22.9 Å². The van der Waals surface area contributed by atoms with Crippen LogP contribution in [0.2, 0.25) is 0 Å². The number of hydrogen-bond donors (Lipinski definition) is 0.